The molecule has 0 fully saturated rings. The molecule has 0 amide bonds. The Morgan fingerprint density at radius 3 is 2.50 bits per heavy atom. The number of nitrogens with zero attached hydrogens (tertiary/aromatic N) is 1. The van der Waals surface area contributed by atoms with Crippen LogP contribution in [0.15, 0.2) is 52.3 Å². The highest BCUT2D eigenvalue weighted by Crippen LogP contribution is 2.31. The van der Waals surface area contributed by atoms with Crippen molar-refractivity contribution in [3.63, 3.8) is 0 Å². The molecule has 0 aliphatic heterocycles. The zero-order valence-corrected chi connectivity index (χ0v) is 11.8. The summed E-state index contributed by atoms with van der Waals surface area (Å²) in [5, 5.41) is 18.1. The van der Waals surface area contributed by atoms with E-state index in [1.807, 2.05) is 30.3 Å². The van der Waals surface area contributed by atoms with Crippen molar-refractivity contribution in [1.82, 2.24) is 0 Å². The van der Waals surface area contributed by atoms with Crippen LogP contribution < -0.4 is 0 Å². The van der Waals surface area contributed by atoms with E-state index in [2.05, 4.69) is 6.92 Å². The van der Waals surface area contributed by atoms with Crippen LogP contribution in [-0.2, 0) is 6.42 Å². The van der Waals surface area contributed by atoms with Gasteiger partial charge in [-0.25, -0.2) is 4.79 Å². The van der Waals surface area contributed by atoms with Gasteiger partial charge in [0.1, 0.15) is 0 Å². The van der Waals surface area contributed by atoms with Crippen LogP contribution in [0, 0.1) is 11.3 Å². The molecule has 0 aliphatic rings. The summed E-state index contributed by atoms with van der Waals surface area (Å²) >= 11 is 1.39. The van der Waals surface area contributed by atoms with Gasteiger partial charge in [-0.3, -0.25) is 0 Å². The minimum atomic E-state index is -1.02. The summed E-state index contributed by atoms with van der Waals surface area (Å²) in [7, 11) is 0. The molecule has 0 atom stereocenters. The van der Waals surface area contributed by atoms with Crippen molar-refractivity contribution < 1.29 is 9.90 Å². The van der Waals surface area contributed by atoms with E-state index in [0.717, 1.165) is 11.3 Å². The van der Waals surface area contributed by atoms with Gasteiger partial charge in [0.25, 0.3) is 0 Å². The molecule has 1 N–H and O–H groups in total. The van der Waals surface area contributed by atoms with Crippen LogP contribution >= 0.6 is 11.8 Å². The van der Waals surface area contributed by atoms with Crippen LogP contribution in [0.25, 0.3) is 0 Å². The first-order valence-electron chi connectivity index (χ1n) is 6.18. The standard InChI is InChI=1S/C16H13NO2S/c1-2-11-3-6-13(7-4-11)20-15-8-5-12(10-17)9-14(15)16(18)19/h3-9H,2H2,1H3,(H,18,19). The van der Waals surface area contributed by atoms with Crippen LogP contribution in [0.4, 0.5) is 0 Å². The second kappa shape index (κ2) is 6.27. The molecule has 0 saturated heterocycles. The van der Waals surface area contributed by atoms with Gasteiger partial charge in [0, 0.05) is 9.79 Å². The lowest BCUT2D eigenvalue weighted by Crippen LogP contribution is -1.99. The van der Waals surface area contributed by atoms with Crippen molar-refractivity contribution in [1.29, 1.82) is 5.26 Å². The summed E-state index contributed by atoms with van der Waals surface area (Å²) in [5.74, 6) is -1.02. The lowest BCUT2D eigenvalue weighted by molar-refractivity contribution is 0.0693. The predicted molar refractivity (Wildman–Crippen MR) is 78.1 cm³/mol. The Balaban J connectivity index is 2.32. The Morgan fingerprint density at radius 1 is 1.25 bits per heavy atom. The topological polar surface area (TPSA) is 61.1 Å². The third-order valence-electron chi connectivity index (χ3n) is 2.90. The van der Waals surface area contributed by atoms with Crippen LogP contribution in [0.1, 0.15) is 28.4 Å². The highest BCUT2D eigenvalue weighted by molar-refractivity contribution is 7.99. The molecule has 3 nitrogen and oxygen atoms in total. The van der Waals surface area contributed by atoms with Crippen molar-refractivity contribution in [3.05, 3.63) is 59.2 Å². The number of nitriles is 1. The summed E-state index contributed by atoms with van der Waals surface area (Å²) in [4.78, 5) is 12.9. The van der Waals surface area contributed by atoms with E-state index in [9.17, 15) is 9.90 Å². The van der Waals surface area contributed by atoms with Gasteiger partial charge in [-0.15, -0.1) is 0 Å². The summed E-state index contributed by atoms with van der Waals surface area (Å²) in [6, 6.07) is 14.7. The van der Waals surface area contributed by atoms with E-state index >= 15 is 0 Å². The molecule has 0 aromatic heterocycles. The molecule has 20 heavy (non-hydrogen) atoms. The van der Waals surface area contributed by atoms with Gasteiger partial charge >= 0.3 is 5.97 Å². The summed E-state index contributed by atoms with van der Waals surface area (Å²) in [5.41, 5.74) is 1.76. The summed E-state index contributed by atoms with van der Waals surface area (Å²) in [6.07, 6.45) is 0.974. The summed E-state index contributed by atoms with van der Waals surface area (Å²) in [6.45, 7) is 2.09. The minimum Gasteiger partial charge on any atom is -0.478 e. The molecule has 0 spiro atoms. The molecule has 100 valence electrons. The molecule has 4 heteroatoms. The number of hydrogen-bond acceptors (Lipinski definition) is 3. The van der Waals surface area contributed by atoms with Gasteiger partial charge in [0.15, 0.2) is 0 Å². The maximum atomic E-state index is 11.3. The van der Waals surface area contributed by atoms with E-state index in [-0.39, 0.29) is 5.56 Å². The number of aromatic carboxylic acids is 1. The molecular weight excluding hydrogens is 270 g/mol. The van der Waals surface area contributed by atoms with Gasteiger partial charge in [-0.2, -0.15) is 5.26 Å². The molecule has 0 unspecified atom stereocenters. The monoisotopic (exact) mass is 283 g/mol. The number of hydrogen-bond donors (Lipinski definition) is 1. The van der Waals surface area contributed by atoms with Gasteiger partial charge < -0.3 is 5.11 Å². The molecular formula is C16H13NO2S. The van der Waals surface area contributed by atoms with Crippen molar-refractivity contribution in [2.75, 3.05) is 0 Å². The fourth-order valence-electron chi connectivity index (χ4n) is 1.78. The third-order valence-corrected chi connectivity index (χ3v) is 3.98. The molecule has 2 aromatic rings. The summed E-state index contributed by atoms with van der Waals surface area (Å²) < 4.78 is 0. The average Bonchev–Trinajstić information content (AvgIpc) is 2.48. The molecule has 2 aromatic carbocycles. The average molecular weight is 283 g/mol. The van der Waals surface area contributed by atoms with E-state index < -0.39 is 5.97 Å². The SMILES string of the molecule is CCc1ccc(Sc2ccc(C#N)cc2C(=O)O)cc1. The normalized spacial score (nSPS) is 10.0. The first kappa shape index (κ1) is 14.2. The van der Waals surface area contributed by atoms with Crippen molar-refractivity contribution in [2.45, 2.75) is 23.1 Å². The van der Waals surface area contributed by atoms with Gasteiger partial charge in [-0.1, -0.05) is 30.8 Å². The minimum absolute atomic E-state index is 0.161. The molecule has 0 aliphatic carbocycles. The lowest BCUT2D eigenvalue weighted by atomic mass is 10.1. The number of carbonyl (C=O) groups is 1. The van der Waals surface area contributed by atoms with E-state index in [4.69, 9.17) is 5.26 Å². The number of carboxylic acids is 1. The fourth-order valence-corrected chi connectivity index (χ4v) is 2.69. The molecule has 0 saturated carbocycles. The third kappa shape index (κ3) is 3.19. The zero-order chi connectivity index (χ0) is 14.5. The van der Waals surface area contributed by atoms with Crippen LogP contribution in [0.3, 0.4) is 0 Å². The van der Waals surface area contributed by atoms with Gasteiger partial charge in [0.2, 0.25) is 0 Å². The van der Waals surface area contributed by atoms with E-state index in [0.29, 0.717) is 10.5 Å². The van der Waals surface area contributed by atoms with Gasteiger partial charge in [-0.05, 0) is 42.3 Å². The smallest absolute Gasteiger partial charge is 0.336 e. The fraction of sp³-hybridized carbons (Fsp3) is 0.125. The number of carboxylic acid groups (broad SMARTS) is 1. The van der Waals surface area contributed by atoms with Crippen molar-refractivity contribution in [3.8, 4) is 6.07 Å². The quantitative estimate of drug-likeness (QED) is 0.922. The maximum Gasteiger partial charge on any atom is 0.336 e. The van der Waals surface area contributed by atoms with Crippen LogP contribution in [-0.4, -0.2) is 11.1 Å². The zero-order valence-electron chi connectivity index (χ0n) is 11.0. The Labute approximate surface area is 121 Å². The van der Waals surface area contributed by atoms with Gasteiger partial charge in [0.05, 0.1) is 17.2 Å². The molecule has 0 bridgehead atoms. The first-order valence-corrected chi connectivity index (χ1v) is 7.00. The van der Waals surface area contributed by atoms with E-state index in [1.165, 1.54) is 23.4 Å². The number of benzene rings is 2. The van der Waals surface area contributed by atoms with E-state index in [1.54, 1.807) is 12.1 Å². The second-order valence-corrected chi connectivity index (χ2v) is 5.34. The largest absolute Gasteiger partial charge is 0.478 e. The number of rotatable bonds is 4. The molecule has 2 rings (SSSR count). The highest BCUT2D eigenvalue weighted by Gasteiger charge is 2.12. The second-order valence-electron chi connectivity index (χ2n) is 4.23. The maximum absolute atomic E-state index is 11.3. The van der Waals surface area contributed by atoms with Crippen LogP contribution in [0.5, 0.6) is 0 Å². The highest BCUT2D eigenvalue weighted by atomic mass is 32.2. The lowest BCUT2D eigenvalue weighted by Gasteiger charge is -2.07. The Hall–Kier alpha value is -2.25. The Morgan fingerprint density at radius 2 is 1.95 bits per heavy atom. The first-order chi connectivity index (χ1) is 9.63. The Bertz CT molecular complexity index is 672. The van der Waals surface area contributed by atoms with Crippen molar-refractivity contribution >= 4 is 17.7 Å². The number of aryl methyl sites for hydroxylation is 1. The van der Waals surface area contributed by atoms with Crippen LogP contribution in [0.2, 0.25) is 0 Å². The predicted octanol–water partition coefficient (Wildman–Crippen LogP) is 3.97. The van der Waals surface area contributed by atoms with Crippen molar-refractivity contribution in [2.24, 2.45) is 0 Å². The molecule has 0 heterocycles. The molecule has 0 radical (unpaired) electrons. The Kier molecular flexibility index (Phi) is 4.44.